The Hall–Kier alpha value is -1.60. The number of nitrogens with two attached hydrogens (primary N) is 1. The second-order valence-corrected chi connectivity index (χ2v) is 4.98. The standard InChI is InChI=1S/C10H12ClN5OS/c1-5-6(18-4-14-5)2-3-13-10(17)8-7(11)9(12)16-15-8/h4H,2-3H2,1H3,(H,13,17)(H3,12,15,16). The fraction of sp³-hybridized carbons (Fsp3) is 0.300. The first kappa shape index (κ1) is 12.8. The minimum absolute atomic E-state index is 0.125. The first-order valence-corrected chi connectivity index (χ1v) is 6.52. The third-order valence-corrected chi connectivity index (χ3v) is 3.82. The maximum atomic E-state index is 11.8. The van der Waals surface area contributed by atoms with Gasteiger partial charge in [0.2, 0.25) is 0 Å². The minimum atomic E-state index is -0.314. The van der Waals surface area contributed by atoms with E-state index >= 15 is 0 Å². The molecule has 8 heteroatoms. The summed E-state index contributed by atoms with van der Waals surface area (Å²) < 4.78 is 0. The molecular formula is C10H12ClN5OS. The normalized spacial score (nSPS) is 10.6. The lowest BCUT2D eigenvalue weighted by atomic mass is 10.3. The fourth-order valence-corrected chi connectivity index (χ4v) is 2.39. The number of nitrogen functional groups attached to an aromatic ring is 1. The molecule has 0 fully saturated rings. The minimum Gasteiger partial charge on any atom is -0.381 e. The van der Waals surface area contributed by atoms with E-state index in [2.05, 4.69) is 20.5 Å². The van der Waals surface area contributed by atoms with Crippen LogP contribution >= 0.6 is 22.9 Å². The Kier molecular flexibility index (Phi) is 3.83. The number of amides is 1. The SMILES string of the molecule is Cc1ncsc1CCNC(=O)c1[nH]nc(N)c1Cl. The number of thiazole rings is 1. The summed E-state index contributed by atoms with van der Waals surface area (Å²) in [6.07, 6.45) is 0.740. The summed E-state index contributed by atoms with van der Waals surface area (Å²) in [7, 11) is 0. The van der Waals surface area contributed by atoms with Gasteiger partial charge in [-0.25, -0.2) is 4.98 Å². The average molecular weight is 286 g/mol. The molecule has 0 atom stereocenters. The van der Waals surface area contributed by atoms with Crippen LogP contribution in [0, 0.1) is 6.92 Å². The third-order valence-electron chi connectivity index (χ3n) is 2.44. The van der Waals surface area contributed by atoms with E-state index in [-0.39, 0.29) is 22.4 Å². The van der Waals surface area contributed by atoms with Gasteiger partial charge in [-0.15, -0.1) is 11.3 Å². The third kappa shape index (κ3) is 2.62. The zero-order valence-electron chi connectivity index (χ0n) is 9.66. The molecule has 0 aliphatic heterocycles. The summed E-state index contributed by atoms with van der Waals surface area (Å²) in [6, 6.07) is 0. The van der Waals surface area contributed by atoms with Crippen LogP contribution in [0.15, 0.2) is 5.51 Å². The Morgan fingerprint density at radius 2 is 2.44 bits per heavy atom. The van der Waals surface area contributed by atoms with Crippen molar-refractivity contribution in [2.45, 2.75) is 13.3 Å². The highest BCUT2D eigenvalue weighted by Crippen LogP contribution is 2.19. The van der Waals surface area contributed by atoms with Crippen molar-refractivity contribution in [1.82, 2.24) is 20.5 Å². The lowest BCUT2D eigenvalue weighted by molar-refractivity contribution is 0.0949. The number of aromatic amines is 1. The number of nitrogens with one attached hydrogen (secondary N) is 2. The summed E-state index contributed by atoms with van der Waals surface area (Å²) in [5.41, 5.74) is 8.42. The van der Waals surface area contributed by atoms with Crippen LogP contribution in [0.5, 0.6) is 0 Å². The zero-order chi connectivity index (χ0) is 13.1. The van der Waals surface area contributed by atoms with Crippen molar-refractivity contribution in [2.75, 3.05) is 12.3 Å². The molecule has 0 saturated heterocycles. The summed E-state index contributed by atoms with van der Waals surface area (Å²) in [5, 5.41) is 9.06. The van der Waals surface area contributed by atoms with Gasteiger partial charge in [-0.2, -0.15) is 5.10 Å². The van der Waals surface area contributed by atoms with Gasteiger partial charge in [-0.3, -0.25) is 9.89 Å². The Morgan fingerprint density at radius 1 is 1.67 bits per heavy atom. The highest BCUT2D eigenvalue weighted by molar-refractivity contribution is 7.09. The number of halogens is 1. The smallest absolute Gasteiger partial charge is 0.270 e. The molecule has 2 aromatic heterocycles. The van der Waals surface area contributed by atoms with Crippen molar-refractivity contribution in [3.05, 3.63) is 26.8 Å². The number of hydrogen-bond acceptors (Lipinski definition) is 5. The second kappa shape index (κ2) is 5.36. The number of H-pyrrole nitrogens is 1. The van der Waals surface area contributed by atoms with Crippen LogP contribution in [-0.2, 0) is 6.42 Å². The van der Waals surface area contributed by atoms with E-state index in [0.717, 1.165) is 17.0 Å². The number of nitrogens with zero attached hydrogens (tertiary/aromatic N) is 2. The molecule has 6 nitrogen and oxygen atoms in total. The molecule has 0 radical (unpaired) electrons. The topological polar surface area (TPSA) is 96.7 Å². The van der Waals surface area contributed by atoms with Crippen LogP contribution < -0.4 is 11.1 Å². The Morgan fingerprint density at radius 3 is 3.00 bits per heavy atom. The first-order valence-electron chi connectivity index (χ1n) is 5.26. The average Bonchev–Trinajstić information content (AvgIpc) is 2.88. The fourth-order valence-electron chi connectivity index (χ4n) is 1.44. The Bertz CT molecular complexity index is 564. The lowest BCUT2D eigenvalue weighted by Crippen LogP contribution is -2.26. The van der Waals surface area contributed by atoms with Crippen LogP contribution in [0.3, 0.4) is 0 Å². The van der Waals surface area contributed by atoms with Crippen LogP contribution in [0.25, 0.3) is 0 Å². The number of aryl methyl sites for hydroxylation is 1. The van der Waals surface area contributed by atoms with E-state index in [4.69, 9.17) is 17.3 Å². The van der Waals surface area contributed by atoms with Crippen molar-refractivity contribution in [1.29, 1.82) is 0 Å². The highest BCUT2D eigenvalue weighted by Gasteiger charge is 2.15. The maximum absolute atomic E-state index is 11.8. The number of carbonyl (C=O) groups excluding carboxylic acids is 1. The monoisotopic (exact) mass is 285 g/mol. The Labute approximate surface area is 113 Å². The quantitative estimate of drug-likeness (QED) is 0.791. The molecule has 2 heterocycles. The van der Waals surface area contributed by atoms with E-state index < -0.39 is 0 Å². The van der Waals surface area contributed by atoms with Crippen LogP contribution in [0.1, 0.15) is 21.1 Å². The molecule has 0 saturated carbocycles. The van der Waals surface area contributed by atoms with Crippen molar-refractivity contribution < 1.29 is 4.79 Å². The van der Waals surface area contributed by atoms with Gasteiger partial charge in [0.15, 0.2) is 5.82 Å². The van der Waals surface area contributed by atoms with Gasteiger partial charge in [-0.1, -0.05) is 11.6 Å². The molecule has 1 amide bonds. The molecule has 18 heavy (non-hydrogen) atoms. The van der Waals surface area contributed by atoms with E-state index in [1.807, 2.05) is 6.92 Å². The Balaban J connectivity index is 1.89. The molecule has 96 valence electrons. The van der Waals surface area contributed by atoms with Gasteiger partial charge in [0.05, 0.1) is 11.2 Å². The van der Waals surface area contributed by atoms with Gasteiger partial charge in [0.1, 0.15) is 10.7 Å². The van der Waals surface area contributed by atoms with E-state index in [9.17, 15) is 4.79 Å². The van der Waals surface area contributed by atoms with E-state index in [1.54, 1.807) is 16.8 Å². The molecule has 0 bridgehead atoms. The molecule has 2 aromatic rings. The number of anilines is 1. The molecule has 0 aromatic carbocycles. The molecule has 2 rings (SSSR count). The predicted molar refractivity (Wildman–Crippen MR) is 70.9 cm³/mol. The highest BCUT2D eigenvalue weighted by atomic mass is 35.5. The predicted octanol–water partition coefficient (Wildman–Crippen LogP) is 1.38. The van der Waals surface area contributed by atoms with Gasteiger partial charge in [0.25, 0.3) is 5.91 Å². The first-order chi connectivity index (χ1) is 8.59. The molecule has 0 aliphatic carbocycles. The zero-order valence-corrected chi connectivity index (χ0v) is 11.2. The molecule has 0 unspecified atom stereocenters. The summed E-state index contributed by atoms with van der Waals surface area (Å²) in [4.78, 5) is 17.1. The van der Waals surface area contributed by atoms with Crippen LogP contribution in [0.2, 0.25) is 5.02 Å². The summed E-state index contributed by atoms with van der Waals surface area (Å²) in [6.45, 7) is 2.46. The van der Waals surface area contributed by atoms with Gasteiger partial charge in [-0.05, 0) is 6.92 Å². The van der Waals surface area contributed by atoms with Crippen LogP contribution in [-0.4, -0.2) is 27.6 Å². The molecule has 4 N–H and O–H groups in total. The van der Waals surface area contributed by atoms with E-state index in [1.165, 1.54) is 0 Å². The van der Waals surface area contributed by atoms with Gasteiger partial charge < -0.3 is 11.1 Å². The number of aromatic nitrogens is 3. The van der Waals surface area contributed by atoms with Gasteiger partial charge >= 0.3 is 0 Å². The molecular weight excluding hydrogens is 274 g/mol. The molecule has 0 spiro atoms. The summed E-state index contributed by atoms with van der Waals surface area (Å²) in [5.74, 6) is -0.188. The molecule has 0 aliphatic rings. The van der Waals surface area contributed by atoms with Crippen molar-refractivity contribution in [3.63, 3.8) is 0 Å². The van der Waals surface area contributed by atoms with E-state index in [0.29, 0.717) is 6.54 Å². The van der Waals surface area contributed by atoms with Crippen molar-refractivity contribution >= 4 is 34.7 Å². The maximum Gasteiger partial charge on any atom is 0.270 e. The number of rotatable bonds is 4. The van der Waals surface area contributed by atoms with Crippen LogP contribution in [0.4, 0.5) is 5.82 Å². The number of hydrogen-bond donors (Lipinski definition) is 3. The summed E-state index contributed by atoms with van der Waals surface area (Å²) >= 11 is 7.40. The van der Waals surface area contributed by atoms with Crippen molar-refractivity contribution in [3.8, 4) is 0 Å². The largest absolute Gasteiger partial charge is 0.381 e. The second-order valence-electron chi connectivity index (χ2n) is 3.66. The number of carbonyl (C=O) groups is 1. The van der Waals surface area contributed by atoms with Gasteiger partial charge in [0, 0.05) is 17.8 Å². The van der Waals surface area contributed by atoms with Crippen molar-refractivity contribution in [2.24, 2.45) is 0 Å². The lowest BCUT2D eigenvalue weighted by Gasteiger charge is -2.03.